The lowest BCUT2D eigenvalue weighted by atomic mass is 9.87. The summed E-state index contributed by atoms with van der Waals surface area (Å²) in [6, 6.07) is 0. The first-order valence-corrected chi connectivity index (χ1v) is 8.68. The topological polar surface area (TPSA) is 23.6 Å². The molecule has 0 spiro atoms. The number of hydrogen-bond acceptors (Lipinski definition) is 3. The molecule has 1 amide bonds. The highest BCUT2D eigenvalue weighted by Crippen LogP contribution is 2.32. The minimum Gasteiger partial charge on any atom is -0.338 e. The van der Waals surface area contributed by atoms with E-state index in [0.717, 1.165) is 25.9 Å². The van der Waals surface area contributed by atoms with Gasteiger partial charge < -0.3 is 4.90 Å². The van der Waals surface area contributed by atoms with Crippen molar-refractivity contribution in [1.29, 1.82) is 0 Å². The van der Waals surface area contributed by atoms with Gasteiger partial charge in [0.15, 0.2) is 0 Å². The van der Waals surface area contributed by atoms with Crippen molar-refractivity contribution in [2.75, 3.05) is 26.2 Å². The summed E-state index contributed by atoms with van der Waals surface area (Å²) in [5.74, 6) is 0.0970. The average molecular weight is 313 g/mol. The van der Waals surface area contributed by atoms with Gasteiger partial charge in [-0.1, -0.05) is 11.6 Å². The Labute approximate surface area is 129 Å². The molecule has 2 saturated heterocycles. The molecule has 0 atom stereocenters. The Kier molecular flexibility index (Phi) is 4.07. The number of nitrogens with zero attached hydrogens (tertiary/aromatic N) is 2. The molecule has 0 aromatic carbocycles. The fourth-order valence-corrected chi connectivity index (χ4v) is 4.40. The molecule has 5 heteroatoms. The maximum absolute atomic E-state index is 12.4. The van der Waals surface area contributed by atoms with E-state index in [1.807, 2.05) is 15.7 Å². The quantitative estimate of drug-likeness (QED) is 0.834. The molecule has 2 aliphatic rings. The minimum atomic E-state index is 0.0970. The van der Waals surface area contributed by atoms with Crippen LogP contribution in [-0.2, 0) is 0 Å². The van der Waals surface area contributed by atoms with Gasteiger partial charge in [0.2, 0.25) is 0 Å². The van der Waals surface area contributed by atoms with Crippen LogP contribution < -0.4 is 0 Å². The van der Waals surface area contributed by atoms with Gasteiger partial charge in [-0.05, 0) is 45.7 Å². The molecule has 0 saturated carbocycles. The van der Waals surface area contributed by atoms with Gasteiger partial charge in [0.05, 0.1) is 10.6 Å². The number of thiophene rings is 1. The number of halogens is 1. The SMILES string of the molecule is CC1(N2CCCC2)CCN(C(=O)c2cscc2Cl)CC1. The molecule has 110 valence electrons. The van der Waals surface area contributed by atoms with Gasteiger partial charge in [-0.3, -0.25) is 9.69 Å². The number of piperidine rings is 1. The highest BCUT2D eigenvalue weighted by atomic mass is 35.5. The van der Waals surface area contributed by atoms with Crippen LogP contribution in [0.4, 0.5) is 0 Å². The number of rotatable bonds is 2. The minimum absolute atomic E-state index is 0.0970. The van der Waals surface area contributed by atoms with E-state index in [4.69, 9.17) is 11.6 Å². The Bertz CT molecular complexity index is 488. The van der Waals surface area contributed by atoms with Crippen molar-refractivity contribution < 1.29 is 4.79 Å². The van der Waals surface area contributed by atoms with Crippen LogP contribution in [0.5, 0.6) is 0 Å². The van der Waals surface area contributed by atoms with Gasteiger partial charge in [0.25, 0.3) is 5.91 Å². The molecule has 1 aromatic heterocycles. The van der Waals surface area contributed by atoms with Crippen LogP contribution >= 0.6 is 22.9 Å². The molecule has 1 aromatic rings. The second-order valence-electron chi connectivity index (χ2n) is 6.12. The van der Waals surface area contributed by atoms with E-state index in [2.05, 4.69) is 11.8 Å². The van der Waals surface area contributed by atoms with Crippen LogP contribution in [0.15, 0.2) is 10.8 Å². The highest BCUT2D eigenvalue weighted by Gasteiger charge is 2.38. The molecule has 0 radical (unpaired) electrons. The molecule has 20 heavy (non-hydrogen) atoms. The number of hydrogen-bond donors (Lipinski definition) is 0. The van der Waals surface area contributed by atoms with Gasteiger partial charge in [0.1, 0.15) is 0 Å². The Morgan fingerprint density at radius 2 is 1.85 bits per heavy atom. The maximum Gasteiger partial charge on any atom is 0.256 e. The summed E-state index contributed by atoms with van der Waals surface area (Å²) in [7, 11) is 0. The predicted octanol–water partition coefficient (Wildman–Crippen LogP) is 3.49. The molecule has 0 N–H and O–H groups in total. The first-order chi connectivity index (χ1) is 9.60. The van der Waals surface area contributed by atoms with Crippen molar-refractivity contribution in [3.63, 3.8) is 0 Å². The standard InChI is InChI=1S/C15H21ClN2OS/c1-15(18-6-2-3-7-18)4-8-17(9-5-15)14(19)12-10-20-11-13(12)16/h10-11H,2-9H2,1H3. The van der Waals surface area contributed by atoms with Crippen molar-refractivity contribution in [2.45, 2.75) is 38.1 Å². The van der Waals surface area contributed by atoms with E-state index < -0.39 is 0 Å². The molecule has 3 rings (SSSR count). The summed E-state index contributed by atoms with van der Waals surface area (Å²) < 4.78 is 0. The summed E-state index contributed by atoms with van der Waals surface area (Å²) in [4.78, 5) is 17.0. The molecule has 2 fully saturated rings. The zero-order valence-corrected chi connectivity index (χ0v) is 13.5. The largest absolute Gasteiger partial charge is 0.338 e. The smallest absolute Gasteiger partial charge is 0.256 e. The van der Waals surface area contributed by atoms with Crippen LogP contribution in [0.3, 0.4) is 0 Å². The predicted molar refractivity (Wildman–Crippen MR) is 83.7 cm³/mol. The molecule has 3 nitrogen and oxygen atoms in total. The van der Waals surface area contributed by atoms with E-state index in [-0.39, 0.29) is 11.4 Å². The van der Waals surface area contributed by atoms with Crippen LogP contribution in [0.25, 0.3) is 0 Å². The maximum atomic E-state index is 12.4. The normalized spacial score (nSPS) is 23.2. The van der Waals surface area contributed by atoms with Crippen molar-refractivity contribution in [1.82, 2.24) is 9.80 Å². The Morgan fingerprint density at radius 1 is 1.20 bits per heavy atom. The van der Waals surface area contributed by atoms with Crippen molar-refractivity contribution >= 4 is 28.8 Å². The summed E-state index contributed by atoms with van der Waals surface area (Å²) in [6.07, 6.45) is 4.78. The second kappa shape index (κ2) is 5.66. The zero-order valence-electron chi connectivity index (χ0n) is 11.9. The lowest BCUT2D eigenvalue weighted by Gasteiger charge is -2.45. The summed E-state index contributed by atoms with van der Waals surface area (Å²) in [5, 5.41) is 4.28. The van der Waals surface area contributed by atoms with E-state index in [9.17, 15) is 4.79 Å². The van der Waals surface area contributed by atoms with Crippen LogP contribution in [0.1, 0.15) is 43.0 Å². The molecule has 0 aliphatic carbocycles. The molecule has 2 aliphatic heterocycles. The Balaban J connectivity index is 1.63. The van der Waals surface area contributed by atoms with Crippen LogP contribution in [0.2, 0.25) is 5.02 Å². The van der Waals surface area contributed by atoms with E-state index >= 15 is 0 Å². The van der Waals surface area contributed by atoms with E-state index in [1.165, 1.54) is 37.3 Å². The van der Waals surface area contributed by atoms with Gasteiger partial charge >= 0.3 is 0 Å². The second-order valence-corrected chi connectivity index (χ2v) is 7.27. The fraction of sp³-hybridized carbons (Fsp3) is 0.667. The molecular weight excluding hydrogens is 292 g/mol. The average Bonchev–Trinajstić information content (AvgIpc) is 3.10. The first kappa shape index (κ1) is 14.4. The van der Waals surface area contributed by atoms with Crippen molar-refractivity contribution in [2.24, 2.45) is 0 Å². The lowest BCUT2D eigenvalue weighted by molar-refractivity contribution is 0.0406. The van der Waals surface area contributed by atoms with Gasteiger partial charge in [0, 0.05) is 29.4 Å². The molecular formula is C15H21ClN2OS. The molecule has 3 heterocycles. The van der Waals surface area contributed by atoms with Crippen LogP contribution in [-0.4, -0.2) is 47.4 Å². The lowest BCUT2D eigenvalue weighted by Crippen LogP contribution is -2.53. The Hall–Kier alpha value is -0.580. The van der Waals surface area contributed by atoms with Crippen molar-refractivity contribution in [3.05, 3.63) is 21.3 Å². The van der Waals surface area contributed by atoms with Gasteiger partial charge in [-0.2, -0.15) is 0 Å². The number of carbonyl (C=O) groups is 1. The summed E-state index contributed by atoms with van der Waals surface area (Å²) >= 11 is 7.56. The summed E-state index contributed by atoms with van der Waals surface area (Å²) in [5.41, 5.74) is 0.951. The molecule has 0 bridgehead atoms. The van der Waals surface area contributed by atoms with Crippen LogP contribution in [0, 0.1) is 0 Å². The summed E-state index contributed by atoms with van der Waals surface area (Å²) in [6.45, 7) is 6.50. The fourth-order valence-electron chi connectivity index (χ4n) is 3.37. The third-order valence-corrected chi connectivity index (χ3v) is 6.03. The highest BCUT2D eigenvalue weighted by molar-refractivity contribution is 7.08. The van der Waals surface area contributed by atoms with Crippen molar-refractivity contribution in [3.8, 4) is 0 Å². The molecule has 0 unspecified atom stereocenters. The number of carbonyl (C=O) groups excluding carboxylic acids is 1. The monoisotopic (exact) mass is 312 g/mol. The zero-order chi connectivity index (χ0) is 14.2. The van der Waals surface area contributed by atoms with Gasteiger partial charge in [-0.15, -0.1) is 11.3 Å². The third-order valence-electron chi connectivity index (χ3n) is 4.84. The van der Waals surface area contributed by atoms with E-state index in [0.29, 0.717) is 10.6 Å². The number of amides is 1. The number of likely N-dealkylation sites (tertiary alicyclic amines) is 2. The van der Waals surface area contributed by atoms with Gasteiger partial charge in [-0.25, -0.2) is 0 Å². The Morgan fingerprint density at radius 3 is 2.40 bits per heavy atom. The first-order valence-electron chi connectivity index (χ1n) is 7.36. The third kappa shape index (κ3) is 2.61. The van der Waals surface area contributed by atoms with E-state index in [1.54, 1.807) is 0 Å².